The Morgan fingerprint density at radius 2 is 1.96 bits per heavy atom. The molecule has 0 spiro atoms. The second-order valence-corrected chi connectivity index (χ2v) is 6.16. The Kier molecular flexibility index (Phi) is 7.07. The van der Waals surface area contributed by atoms with Crippen LogP contribution in [0.2, 0.25) is 0 Å². The summed E-state index contributed by atoms with van der Waals surface area (Å²) in [6.07, 6.45) is 0.00856. The number of alkyl carbamates (subject to hydrolysis) is 1. The molecule has 2 rings (SSSR count). The van der Waals surface area contributed by atoms with Gasteiger partial charge in [-0.05, 0) is 28.3 Å². The maximum atomic E-state index is 12.2. The maximum absolute atomic E-state index is 12.2. The minimum atomic E-state index is -0.577. The lowest BCUT2D eigenvalue weighted by Gasteiger charge is -2.19. The summed E-state index contributed by atoms with van der Waals surface area (Å²) in [5.41, 5.74) is 0.888. The molecule has 1 aromatic heterocycles. The first kappa shape index (κ1) is 19.4. The van der Waals surface area contributed by atoms with Crippen molar-refractivity contribution in [2.75, 3.05) is 7.11 Å². The standard InChI is InChI=1S/C17H23N5O4/c1-12(2)9-14(16-19-20-21-22(16)10-15(23)25-3)18-17(24)26-11-13-7-5-4-6-8-13/h4-8,12,14H,9-11H2,1-3H3,(H,18,24). The van der Waals surface area contributed by atoms with Crippen molar-refractivity contribution < 1.29 is 19.1 Å². The predicted octanol–water partition coefficient (Wildman–Crippen LogP) is 1.86. The van der Waals surface area contributed by atoms with Crippen LogP contribution in [0.5, 0.6) is 0 Å². The Balaban J connectivity index is 2.04. The van der Waals surface area contributed by atoms with Crippen molar-refractivity contribution in [3.8, 4) is 0 Å². The van der Waals surface area contributed by atoms with E-state index in [1.165, 1.54) is 11.8 Å². The molecule has 2 aromatic rings. The molecule has 0 fully saturated rings. The van der Waals surface area contributed by atoms with Crippen molar-refractivity contribution >= 4 is 12.1 Å². The molecule has 1 heterocycles. The van der Waals surface area contributed by atoms with E-state index in [2.05, 4.69) is 25.6 Å². The average Bonchev–Trinajstić information content (AvgIpc) is 3.08. The number of benzene rings is 1. The first-order chi connectivity index (χ1) is 12.5. The molecule has 140 valence electrons. The van der Waals surface area contributed by atoms with Gasteiger partial charge >= 0.3 is 12.1 Å². The molecule has 9 nitrogen and oxygen atoms in total. The number of tetrazole rings is 1. The SMILES string of the molecule is COC(=O)Cn1nnnc1C(CC(C)C)NC(=O)OCc1ccccc1. The van der Waals surface area contributed by atoms with Gasteiger partial charge < -0.3 is 14.8 Å². The van der Waals surface area contributed by atoms with Crippen molar-refractivity contribution in [1.82, 2.24) is 25.5 Å². The van der Waals surface area contributed by atoms with Gasteiger partial charge in [-0.3, -0.25) is 4.79 Å². The Morgan fingerprint density at radius 1 is 1.23 bits per heavy atom. The van der Waals surface area contributed by atoms with E-state index >= 15 is 0 Å². The van der Waals surface area contributed by atoms with Gasteiger partial charge in [0.05, 0.1) is 13.2 Å². The maximum Gasteiger partial charge on any atom is 0.408 e. The van der Waals surface area contributed by atoms with Gasteiger partial charge in [-0.1, -0.05) is 44.2 Å². The zero-order chi connectivity index (χ0) is 18.9. The number of hydrogen-bond donors (Lipinski definition) is 1. The van der Waals surface area contributed by atoms with Crippen LogP contribution in [-0.4, -0.2) is 39.4 Å². The van der Waals surface area contributed by atoms with E-state index in [1.54, 1.807) is 0 Å². The number of ether oxygens (including phenoxy) is 2. The number of rotatable bonds is 8. The van der Waals surface area contributed by atoms with Crippen molar-refractivity contribution in [1.29, 1.82) is 0 Å². The van der Waals surface area contributed by atoms with E-state index in [0.29, 0.717) is 12.2 Å². The van der Waals surface area contributed by atoms with E-state index in [1.807, 2.05) is 44.2 Å². The highest BCUT2D eigenvalue weighted by Crippen LogP contribution is 2.19. The van der Waals surface area contributed by atoms with Crippen LogP contribution in [0.4, 0.5) is 4.79 Å². The largest absolute Gasteiger partial charge is 0.468 e. The number of nitrogens with zero attached hydrogens (tertiary/aromatic N) is 4. The Bertz CT molecular complexity index is 717. The monoisotopic (exact) mass is 361 g/mol. The molecule has 9 heteroatoms. The van der Waals surface area contributed by atoms with Gasteiger partial charge in [-0.2, -0.15) is 0 Å². The molecule has 0 saturated carbocycles. The number of amides is 1. The summed E-state index contributed by atoms with van der Waals surface area (Å²) in [7, 11) is 1.29. The molecule has 0 radical (unpaired) electrons. The van der Waals surface area contributed by atoms with Crippen molar-refractivity contribution in [2.45, 2.75) is 39.5 Å². The zero-order valence-electron chi connectivity index (χ0n) is 15.1. The molecule has 1 N–H and O–H groups in total. The molecule has 0 aliphatic rings. The smallest absolute Gasteiger partial charge is 0.408 e. The molecular formula is C17H23N5O4. The summed E-state index contributed by atoms with van der Waals surface area (Å²) in [5, 5.41) is 14.1. The van der Waals surface area contributed by atoms with Crippen LogP contribution in [0, 0.1) is 5.92 Å². The van der Waals surface area contributed by atoms with E-state index < -0.39 is 18.1 Å². The second kappa shape index (κ2) is 9.50. The summed E-state index contributed by atoms with van der Waals surface area (Å²) in [6.45, 7) is 4.05. The highest BCUT2D eigenvalue weighted by atomic mass is 16.5. The van der Waals surface area contributed by atoms with Gasteiger partial charge in [0.2, 0.25) is 0 Å². The van der Waals surface area contributed by atoms with E-state index in [9.17, 15) is 9.59 Å². The quantitative estimate of drug-likeness (QED) is 0.715. The van der Waals surface area contributed by atoms with Gasteiger partial charge in [-0.15, -0.1) is 5.10 Å². The van der Waals surface area contributed by atoms with Crippen LogP contribution in [0.15, 0.2) is 30.3 Å². The molecule has 1 amide bonds. The summed E-state index contributed by atoms with van der Waals surface area (Å²) in [4.78, 5) is 23.7. The third kappa shape index (κ3) is 5.83. The normalized spacial score (nSPS) is 11.8. The number of aromatic nitrogens is 4. The fourth-order valence-electron chi connectivity index (χ4n) is 2.37. The highest BCUT2D eigenvalue weighted by Gasteiger charge is 2.24. The first-order valence-corrected chi connectivity index (χ1v) is 8.29. The number of methoxy groups -OCH3 is 1. The molecule has 0 aliphatic heterocycles. The lowest BCUT2D eigenvalue weighted by molar-refractivity contribution is -0.141. The van der Waals surface area contributed by atoms with Gasteiger partial charge in [0.15, 0.2) is 5.82 Å². The van der Waals surface area contributed by atoms with E-state index in [-0.39, 0.29) is 19.1 Å². The molecule has 1 unspecified atom stereocenters. The number of esters is 1. The van der Waals surface area contributed by atoms with Crippen LogP contribution >= 0.6 is 0 Å². The Morgan fingerprint density at radius 3 is 2.62 bits per heavy atom. The molecular weight excluding hydrogens is 338 g/mol. The van der Waals surface area contributed by atoms with Crippen molar-refractivity contribution in [2.24, 2.45) is 5.92 Å². The predicted molar refractivity (Wildman–Crippen MR) is 91.8 cm³/mol. The van der Waals surface area contributed by atoms with Crippen LogP contribution in [0.1, 0.15) is 37.7 Å². The fourth-order valence-corrected chi connectivity index (χ4v) is 2.37. The summed E-state index contributed by atoms with van der Waals surface area (Å²) >= 11 is 0. The third-order valence-corrected chi connectivity index (χ3v) is 3.59. The molecule has 0 saturated heterocycles. The summed E-state index contributed by atoms with van der Waals surface area (Å²) in [6, 6.07) is 8.89. The molecule has 0 bridgehead atoms. The number of carbonyl (C=O) groups excluding carboxylic acids is 2. The number of hydrogen-bond acceptors (Lipinski definition) is 7. The first-order valence-electron chi connectivity index (χ1n) is 8.29. The van der Waals surface area contributed by atoms with Gasteiger partial charge in [0.1, 0.15) is 13.2 Å². The molecule has 1 atom stereocenters. The van der Waals surface area contributed by atoms with E-state index in [0.717, 1.165) is 5.56 Å². The summed E-state index contributed by atoms with van der Waals surface area (Å²) in [5.74, 6) is 0.159. The topological polar surface area (TPSA) is 108 Å². The van der Waals surface area contributed by atoms with E-state index in [4.69, 9.17) is 4.74 Å². The second-order valence-electron chi connectivity index (χ2n) is 6.16. The number of nitrogens with one attached hydrogen (secondary N) is 1. The van der Waals surface area contributed by atoms with Gasteiger partial charge in [0.25, 0.3) is 0 Å². The van der Waals surface area contributed by atoms with Crippen LogP contribution in [-0.2, 0) is 27.4 Å². The minimum Gasteiger partial charge on any atom is -0.468 e. The van der Waals surface area contributed by atoms with Crippen LogP contribution in [0.3, 0.4) is 0 Å². The minimum absolute atomic E-state index is 0.131. The molecule has 26 heavy (non-hydrogen) atoms. The van der Waals surface area contributed by atoms with Gasteiger partial charge in [0, 0.05) is 0 Å². The van der Waals surface area contributed by atoms with Crippen molar-refractivity contribution in [3.05, 3.63) is 41.7 Å². The lowest BCUT2D eigenvalue weighted by atomic mass is 10.0. The Hall–Kier alpha value is -2.97. The Labute approximate surface area is 151 Å². The van der Waals surface area contributed by atoms with Crippen LogP contribution < -0.4 is 5.32 Å². The molecule has 0 aliphatic carbocycles. The average molecular weight is 361 g/mol. The van der Waals surface area contributed by atoms with Gasteiger partial charge in [-0.25, -0.2) is 9.48 Å². The number of carbonyl (C=O) groups is 2. The molecule has 1 aromatic carbocycles. The highest BCUT2D eigenvalue weighted by molar-refractivity contribution is 5.69. The van der Waals surface area contributed by atoms with Crippen LogP contribution in [0.25, 0.3) is 0 Å². The third-order valence-electron chi connectivity index (χ3n) is 3.59. The fraction of sp³-hybridized carbons (Fsp3) is 0.471. The summed E-state index contributed by atoms with van der Waals surface area (Å²) < 4.78 is 11.2. The van der Waals surface area contributed by atoms with Crippen molar-refractivity contribution in [3.63, 3.8) is 0 Å². The lowest BCUT2D eigenvalue weighted by Crippen LogP contribution is -2.32. The zero-order valence-corrected chi connectivity index (χ0v) is 15.1.